The van der Waals surface area contributed by atoms with E-state index in [1.165, 1.54) is 5.56 Å². The molecule has 0 radical (unpaired) electrons. The standard InChI is InChI=1S/C12H18N2O/c1-4-10-5-6-11(14-8-10)7-12(15)9(2)13-3/h5-6,8-9,13H,4,7H2,1-3H3. The van der Waals surface area contributed by atoms with Crippen LogP contribution in [0.5, 0.6) is 0 Å². The summed E-state index contributed by atoms with van der Waals surface area (Å²) in [6, 6.07) is 3.86. The molecule has 0 saturated carbocycles. The molecule has 3 heteroatoms. The summed E-state index contributed by atoms with van der Waals surface area (Å²) in [5.41, 5.74) is 2.05. The fourth-order valence-corrected chi connectivity index (χ4v) is 1.26. The summed E-state index contributed by atoms with van der Waals surface area (Å²) < 4.78 is 0. The Morgan fingerprint density at radius 1 is 1.53 bits per heavy atom. The van der Waals surface area contributed by atoms with Crippen LogP contribution in [0.15, 0.2) is 18.3 Å². The van der Waals surface area contributed by atoms with Crippen molar-refractivity contribution in [3.63, 3.8) is 0 Å². The van der Waals surface area contributed by atoms with Crippen molar-refractivity contribution in [3.05, 3.63) is 29.6 Å². The number of carbonyl (C=O) groups excluding carboxylic acids is 1. The Hall–Kier alpha value is -1.22. The highest BCUT2D eigenvalue weighted by molar-refractivity contribution is 5.85. The minimum absolute atomic E-state index is 0.0994. The van der Waals surface area contributed by atoms with Gasteiger partial charge in [-0.3, -0.25) is 9.78 Å². The van der Waals surface area contributed by atoms with Crippen molar-refractivity contribution in [2.24, 2.45) is 0 Å². The molecular formula is C12H18N2O. The van der Waals surface area contributed by atoms with E-state index in [4.69, 9.17) is 0 Å². The number of aromatic nitrogens is 1. The van der Waals surface area contributed by atoms with Gasteiger partial charge in [0.25, 0.3) is 0 Å². The third-order valence-electron chi connectivity index (χ3n) is 2.57. The minimum atomic E-state index is -0.0994. The first-order valence-electron chi connectivity index (χ1n) is 5.31. The van der Waals surface area contributed by atoms with Crippen LogP contribution < -0.4 is 5.32 Å². The van der Waals surface area contributed by atoms with Crippen molar-refractivity contribution in [1.82, 2.24) is 10.3 Å². The number of hydrogen-bond acceptors (Lipinski definition) is 3. The molecule has 0 bridgehead atoms. The fourth-order valence-electron chi connectivity index (χ4n) is 1.26. The second-order valence-corrected chi connectivity index (χ2v) is 3.66. The highest BCUT2D eigenvalue weighted by Crippen LogP contribution is 2.03. The molecular weight excluding hydrogens is 188 g/mol. The highest BCUT2D eigenvalue weighted by atomic mass is 16.1. The third kappa shape index (κ3) is 3.44. The predicted molar refractivity (Wildman–Crippen MR) is 60.8 cm³/mol. The molecule has 0 fully saturated rings. The zero-order valence-electron chi connectivity index (χ0n) is 9.58. The molecule has 0 aliphatic carbocycles. The molecule has 1 heterocycles. The summed E-state index contributed by atoms with van der Waals surface area (Å²) in [4.78, 5) is 15.9. The van der Waals surface area contributed by atoms with E-state index in [0.29, 0.717) is 6.42 Å². The molecule has 1 aromatic heterocycles. The number of nitrogens with one attached hydrogen (secondary N) is 1. The first-order chi connectivity index (χ1) is 7.17. The van der Waals surface area contributed by atoms with Crippen molar-refractivity contribution < 1.29 is 4.79 Å². The van der Waals surface area contributed by atoms with E-state index < -0.39 is 0 Å². The summed E-state index contributed by atoms with van der Waals surface area (Å²) in [6.07, 6.45) is 3.23. The number of aryl methyl sites for hydroxylation is 1. The van der Waals surface area contributed by atoms with Gasteiger partial charge in [0, 0.05) is 11.9 Å². The summed E-state index contributed by atoms with van der Waals surface area (Å²) >= 11 is 0. The Bertz CT molecular complexity index is 319. The number of likely N-dealkylation sites (N-methyl/N-ethyl adjacent to an activating group) is 1. The van der Waals surface area contributed by atoms with Gasteiger partial charge in [-0.05, 0) is 32.0 Å². The molecule has 15 heavy (non-hydrogen) atoms. The molecule has 1 N–H and O–H groups in total. The molecule has 1 aromatic rings. The average Bonchev–Trinajstić information content (AvgIpc) is 2.29. The summed E-state index contributed by atoms with van der Waals surface area (Å²) in [5.74, 6) is 0.175. The van der Waals surface area contributed by atoms with E-state index >= 15 is 0 Å². The molecule has 0 saturated heterocycles. The topological polar surface area (TPSA) is 42.0 Å². The van der Waals surface area contributed by atoms with Crippen LogP contribution in [0.25, 0.3) is 0 Å². The van der Waals surface area contributed by atoms with Gasteiger partial charge in [-0.25, -0.2) is 0 Å². The van der Waals surface area contributed by atoms with E-state index in [-0.39, 0.29) is 11.8 Å². The predicted octanol–water partition coefficient (Wildman–Crippen LogP) is 1.36. The monoisotopic (exact) mass is 206 g/mol. The number of rotatable bonds is 5. The molecule has 3 nitrogen and oxygen atoms in total. The number of ketones is 1. The van der Waals surface area contributed by atoms with Crippen LogP contribution in [0, 0.1) is 0 Å². The van der Waals surface area contributed by atoms with Crippen LogP contribution in [0.1, 0.15) is 25.1 Å². The maximum atomic E-state index is 11.6. The lowest BCUT2D eigenvalue weighted by Gasteiger charge is -2.08. The van der Waals surface area contributed by atoms with Gasteiger partial charge in [0.15, 0.2) is 5.78 Å². The van der Waals surface area contributed by atoms with Gasteiger partial charge in [0.05, 0.1) is 12.5 Å². The quantitative estimate of drug-likeness (QED) is 0.791. The van der Waals surface area contributed by atoms with Crippen LogP contribution in [-0.2, 0) is 17.6 Å². The minimum Gasteiger partial charge on any atom is -0.311 e. The normalized spacial score (nSPS) is 12.5. The first-order valence-corrected chi connectivity index (χ1v) is 5.31. The number of hydrogen-bond donors (Lipinski definition) is 1. The van der Waals surface area contributed by atoms with Crippen molar-refractivity contribution in [2.45, 2.75) is 32.7 Å². The second kappa shape index (κ2) is 5.61. The first kappa shape index (κ1) is 11.9. The summed E-state index contributed by atoms with van der Waals surface area (Å²) in [5, 5.41) is 2.93. The number of pyridine rings is 1. The van der Waals surface area contributed by atoms with E-state index in [0.717, 1.165) is 12.1 Å². The third-order valence-corrected chi connectivity index (χ3v) is 2.57. The lowest BCUT2D eigenvalue weighted by Crippen LogP contribution is -2.32. The SMILES string of the molecule is CCc1ccc(CC(=O)C(C)NC)nc1. The van der Waals surface area contributed by atoms with Gasteiger partial charge in [-0.15, -0.1) is 0 Å². The lowest BCUT2D eigenvalue weighted by atomic mass is 10.1. The molecule has 1 rings (SSSR count). The summed E-state index contributed by atoms with van der Waals surface area (Å²) in [6.45, 7) is 3.95. The van der Waals surface area contributed by atoms with E-state index in [9.17, 15) is 4.79 Å². The molecule has 0 amide bonds. The van der Waals surface area contributed by atoms with Gasteiger partial charge < -0.3 is 5.32 Å². The Morgan fingerprint density at radius 3 is 2.73 bits per heavy atom. The molecule has 0 aliphatic heterocycles. The zero-order chi connectivity index (χ0) is 11.3. The number of nitrogens with zero attached hydrogens (tertiary/aromatic N) is 1. The van der Waals surface area contributed by atoms with Crippen molar-refractivity contribution in [2.75, 3.05) is 7.05 Å². The number of Topliss-reactive ketones (excluding diaryl/α,β-unsaturated/α-hetero) is 1. The van der Waals surface area contributed by atoms with Gasteiger partial charge in [0.2, 0.25) is 0 Å². The fraction of sp³-hybridized carbons (Fsp3) is 0.500. The van der Waals surface area contributed by atoms with E-state index in [1.54, 1.807) is 7.05 Å². The van der Waals surface area contributed by atoms with Crippen molar-refractivity contribution in [3.8, 4) is 0 Å². The molecule has 1 atom stereocenters. The van der Waals surface area contributed by atoms with E-state index in [2.05, 4.69) is 17.2 Å². The Morgan fingerprint density at radius 2 is 2.27 bits per heavy atom. The molecule has 82 valence electrons. The van der Waals surface area contributed by atoms with Gasteiger partial charge in [0.1, 0.15) is 0 Å². The van der Waals surface area contributed by atoms with E-state index in [1.807, 2.05) is 25.3 Å². The van der Waals surface area contributed by atoms with Crippen LogP contribution in [-0.4, -0.2) is 23.9 Å². The lowest BCUT2D eigenvalue weighted by molar-refractivity contribution is -0.119. The summed E-state index contributed by atoms with van der Waals surface area (Å²) in [7, 11) is 1.79. The Balaban J connectivity index is 2.61. The van der Waals surface area contributed by atoms with Crippen molar-refractivity contribution >= 4 is 5.78 Å². The largest absolute Gasteiger partial charge is 0.311 e. The maximum absolute atomic E-state index is 11.6. The highest BCUT2D eigenvalue weighted by Gasteiger charge is 2.11. The van der Waals surface area contributed by atoms with Crippen LogP contribution in [0.2, 0.25) is 0 Å². The molecule has 0 aliphatic rings. The van der Waals surface area contributed by atoms with Crippen LogP contribution in [0.4, 0.5) is 0 Å². The van der Waals surface area contributed by atoms with Crippen LogP contribution >= 0.6 is 0 Å². The molecule has 0 spiro atoms. The van der Waals surface area contributed by atoms with Gasteiger partial charge in [-0.2, -0.15) is 0 Å². The zero-order valence-corrected chi connectivity index (χ0v) is 9.58. The Labute approximate surface area is 90.9 Å². The molecule has 1 unspecified atom stereocenters. The average molecular weight is 206 g/mol. The molecule has 0 aromatic carbocycles. The Kier molecular flexibility index (Phi) is 4.43. The van der Waals surface area contributed by atoms with Gasteiger partial charge >= 0.3 is 0 Å². The maximum Gasteiger partial charge on any atom is 0.155 e. The van der Waals surface area contributed by atoms with Gasteiger partial charge in [-0.1, -0.05) is 13.0 Å². The second-order valence-electron chi connectivity index (χ2n) is 3.66. The smallest absolute Gasteiger partial charge is 0.155 e. The van der Waals surface area contributed by atoms with Crippen LogP contribution in [0.3, 0.4) is 0 Å². The number of carbonyl (C=O) groups is 1. The van der Waals surface area contributed by atoms with Crippen molar-refractivity contribution in [1.29, 1.82) is 0 Å².